The summed E-state index contributed by atoms with van der Waals surface area (Å²) in [5.74, 6) is 0.904. The molecule has 0 saturated carbocycles. The van der Waals surface area contributed by atoms with Crippen molar-refractivity contribution in [2.24, 2.45) is 11.8 Å². The highest BCUT2D eigenvalue weighted by Crippen LogP contribution is 2.46. The molecule has 0 radical (unpaired) electrons. The maximum Gasteiger partial charge on any atom is 0.0564 e. The van der Waals surface area contributed by atoms with Crippen LogP contribution in [-0.4, -0.2) is 13.2 Å². The molecule has 0 bridgehead atoms. The van der Waals surface area contributed by atoms with Gasteiger partial charge >= 0.3 is 0 Å². The van der Waals surface area contributed by atoms with E-state index in [0.717, 1.165) is 0 Å². The summed E-state index contributed by atoms with van der Waals surface area (Å²) < 4.78 is 10.7. The Kier molecular flexibility index (Phi) is 9.97. The third-order valence-electron chi connectivity index (χ3n) is 1.13. The van der Waals surface area contributed by atoms with Crippen LogP contribution in [0.15, 0.2) is 0 Å². The standard InChI is InChI=1S/C8H19O2PS2.H3N/c1-7(2)5-9-11(12,13)10-6-8(3)4;/h7-8H,5-6H2,1-4H3,(H,12,13);1H3. The van der Waals surface area contributed by atoms with Crippen LogP contribution in [0.2, 0.25) is 0 Å². The van der Waals surface area contributed by atoms with Crippen LogP contribution in [0.5, 0.6) is 0 Å². The van der Waals surface area contributed by atoms with Gasteiger partial charge in [-0.15, -0.1) is 0 Å². The monoisotopic (exact) mass is 259 g/mol. The smallest absolute Gasteiger partial charge is 0.0564 e. The lowest BCUT2D eigenvalue weighted by molar-refractivity contribution is 0.219. The Morgan fingerprint density at radius 1 is 1.07 bits per heavy atom. The minimum absolute atomic E-state index is 0. The summed E-state index contributed by atoms with van der Waals surface area (Å²) in [4.78, 5) is 0. The highest BCUT2D eigenvalue weighted by atomic mass is 32.9. The molecule has 0 aliphatic heterocycles. The van der Waals surface area contributed by atoms with Crippen molar-refractivity contribution in [3.05, 3.63) is 0 Å². The Morgan fingerprint density at radius 3 is 1.57 bits per heavy atom. The Labute approximate surface area is 97.9 Å². The Bertz CT molecular complexity index is 172. The van der Waals surface area contributed by atoms with Crippen molar-refractivity contribution in [1.29, 1.82) is 0 Å². The van der Waals surface area contributed by atoms with E-state index in [2.05, 4.69) is 27.7 Å². The van der Waals surface area contributed by atoms with E-state index in [1.807, 2.05) is 0 Å². The molecule has 0 aromatic heterocycles. The molecule has 6 heteroatoms. The van der Waals surface area contributed by atoms with Crippen LogP contribution < -0.4 is 6.15 Å². The lowest BCUT2D eigenvalue weighted by Crippen LogP contribution is -2.04. The Balaban J connectivity index is 0. The lowest BCUT2D eigenvalue weighted by Gasteiger charge is -2.29. The van der Waals surface area contributed by atoms with E-state index >= 15 is 0 Å². The van der Waals surface area contributed by atoms with Crippen molar-refractivity contribution in [2.75, 3.05) is 13.2 Å². The molecule has 3 nitrogen and oxygen atoms in total. The number of hydrogen-bond donors (Lipinski definition) is 1. The van der Waals surface area contributed by atoms with Gasteiger partial charge in [-0.05, 0) is 11.8 Å². The van der Waals surface area contributed by atoms with Gasteiger partial charge in [0.1, 0.15) is 0 Å². The van der Waals surface area contributed by atoms with Gasteiger partial charge in [0.05, 0.1) is 18.9 Å². The first-order chi connectivity index (χ1) is 5.83. The van der Waals surface area contributed by atoms with Crippen molar-refractivity contribution >= 4 is 29.7 Å². The maximum absolute atomic E-state index is 5.36. The number of quaternary nitrogens is 1. The van der Waals surface area contributed by atoms with E-state index < -0.39 is 5.69 Å². The van der Waals surface area contributed by atoms with Gasteiger partial charge in [0.2, 0.25) is 0 Å². The fourth-order valence-electron chi connectivity index (χ4n) is 0.518. The van der Waals surface area contributed by atoms with E-state index in [0.29, 0.717) is 25.0 Å². The summed E-state index contributed by atoms with van der Waals surface area (Å²) in [7, 11) is 0. The van der Waals surface area contributed by atoms with Crippen molar-refractivity contribution in [1.82, 2.24) is 6.15 Å². The second-order valence-electron chi connectivity index (χ2n) is 3.83. The predicted molar refractivity (Wildman–Crippen MR) is 69.2 cm³/mol. The molecule has 14 heavy (non-hydrogen) atoms. The van der Waals surface area contributed by atoms with Crippen molar-refractivity contribution in [3.63, 3.8) is 0 Å². The van der Waals surface area contributed by atoms with Crippen molar-refractivity contribution < 1.29 is 9.05 Å². The molecule has 0 aromatic carbocycles. The summed E-state index contributed by atoms with van der Waals surface area (Å²) in [5, 5.41) is 0. The van der Waals surface area contributed by atoms with Crippen molar-refractivity contribution in [3.8, 4) is 0 Å². The second kappa shape index (κ2) is 8.08. The zero-order valence-electron chi connectivity index (χ0n) is 9.65. The molecule has 0 heterocycles. The molecule has 0 aromatic rings. The first kappa shape index (κ1) is 17.3. The Hall–Kier alpha value is 0.880. The minimum Gasteiger partial charge on any atom is -0.691 e. The average molecular weight is 259 g/mol. The molecule has 0 saturated heterocycles. The van der Waals surface area contributed by atoms with Crippen LogP contribution in [0, 0.1) is 11.8 Å². The van der Waals surface area contributed by atoms with Crippen LogP contribution >= 0.6 is 5.69 Å². The van der Waals surface area contributed by atoms with E-state index in [9.17, 15) is 0 Å². The zero-order chi connectivity index (χ0) is 10.5. The normalized spacial score (nSPS) is 11.9. The van der Waals surface area contributed by atoms with Gasteiger partial charge in [0, 0.05) is 0 Å². The third-order valence-corrected chi connectivity index (χ3v) is 3.33. The molecule has 0 rings (SSSR count). The molecule has 0 unspecified atom stereocenters. The number of rotatable bonds is 6. The Morgan fingerprint density at radius 2 is 1.36 bits per heavy atom. The first-order valence-corrected chi connectivity index (χ1v) is 8.09. The summed E-state index contributed by atoms with van der Waals surface area (Å²) in [6.07, 6.45) is 0. The summed E-state index contributed by atoms with van der Waals surface area (Å²) >= 11 is 10.1. The van der Waals surface area contributed by atoms with Crippen LogP contribution in [-0.2, 0) is 33.1 Å². The highest BCUT2D eigenvalue weighted by molar-refractivity contribution is 8.51. The zero-order valence-corrected chi connectivity index (χ0v) is 12.2. The fraction of sp³-hybridized carbons (Fsp3) is 1.00. The van der Waals surface area contributed by atoms with Gasteiger partial charge in [-0.25, -0.2) is 0 Å². The molecule has 4 N–H and O–H groups in total. The molecule has 0 fully saturated rings. The largest absolute Gasteiger partial charge is 0.691 e. The molecule has 0 aliphatic rings. The van der Waals surface area contributed by atoms with Crippen LogP contribution in [0.25, 0.3) is 0 Å². The van der Waals surface area contributed by atoms with Gasteiger partial charge < -0.3 is 27.4 Å². The van der Waals surface area contributed by atoms with E-state index in [1.165, 1.54) is 0 Å². The second-order valence-corrected chi connectivity index (χ2v) is 8.81. The van der Waals surface area contributed by atoms with Gasteiger partial charge in [-0.3, -0.25) is 0 Å². The maximum atomic E-state index is 5.36. The molecular weight excluding hydrogens is 237 g/mol. The molecule has 88 valence electrons. The molecule has 0 aliphatic carbocycles. The van der Waals surface area contributed by atoms with Gasteiger partial charge in [-0.1, -0.05) is 39.5 Å². The van der Waals surface area contributed by atoms with Gasteiger partial charge in [-0.2, -0.15) is 0 Å². The average Bonchev–Trinajstić information content (AvgIpc) is 1.98. The van der Waals surface area contributed by atoms with Crippen molar-refractivity contribution in [2.45, 2.75) is 27.7 Å². The van der Waals surface area contributed by atoms with Gasteiger partial charge in [0.25, 0.3) is 0 Å². The summed E-state index contributed by atoms with van der Waals surface area (Å²) in [6.45, 7) is 9.44. The van der Waals surface area contributed by atoms with E-state index in [-0.39, 0.29) is 6.15 Å². The van der Waals surface area contributed by atoms with E-state index in [4.69, 9.17) is 33.1 Å². The molecule has 0 amide bonds. The van der Waals surface area contributed by atoms with Crippen LogP contribution in [0.3, 0.4) is 0 Å². The summed E-state index contributed by atoms with van der Waals surface area (Å²) in [6, 6.07) is 0. The molecule has 0 atom stereocenters. The summed E-state index contributed by atoms with van der Waals surface area (Å²) in [5.41, 5.74) is -2.38. The molecular formula is C8H22NO2PS2. The molecule has 0 spiro atoms. The SMILES string of the molecule is CC(C)COP(=S)([S-])OCC(C)C.[NH4+]. The third kappa shape index (κ3) is 11.0. The first-order valence-electron chi connectivity index (χ1n) is 4.43. The quantitative estimate of drug-likeness (QED) is 0.586. The predicted octanol–water partition coefficient (Wildman–Crippen LogP) is 3.48. The topological polar surface area (TPSA) is 55.0 Å². The lowest BCUT2D eigenvalue weighted by atomic mass is 10.2. The van der Waals surface area contributed by atoms with E-state index in [1.54, 1.807) is 0 Å². The fourth-order valence-corrected chi connectivity index (χ4v) is 2.28. The minimum atomic E-state index is -2.38. The number of hydrogen-bond acceptors (Lipinski definition) is 4. The van der Waals surface area contributed by atoms with Crippen LogP contribution in [0.4, 0.5) is 0 Å². The van der Waals surface area contributed by atoms with Crippen LogP contribution in [0.1, 0.15) is 27.7 Å². The highest BCUT2D eigenvalue weighted by Gasteiger charge is 2.04. The van der Waals surface area contributed by atoms with Gasteiger partial charge in [0.15, 0.2) is 0 Å².